The SMILES string of the molecule is N#Cc1ccc(NC(=O)CSc2ccc(F)cc2F)cc1. The Kier molecular flexibility index (Phi) is 4.90. The van der Waals surface area contributed by atoms with E-state index >= 15 is 0 Å². The summed E-state index contributed by atoms with van der Waals surface area (Å²) in [5.74, 6) is -1.65. The lowest BCUT2D eigenvalue weighted by Gasteiger charge is -2.06. The Morgan fingerprint density at radius 3 is 2.52 bits per heavy atom. The van der Waals surface area contributed by atoms with Gasteiger partial charge in [0.1, 0.15) is 11.6 Å². The topological polar surface area (TPSA) is 52.9 Å². The second-order valence-electron chi connectivity index (χ2n) is 4.10. The Morgan fingerprint density at radius 2 is 1.90 bits per heavy atom. The third-order valence-corrected chi connectivity index (χ3v) is 3.60. The number of rotatable bonds is 4. The first-order chi connectivity index (χ1) is 10.1. The van der Waals surface area contributed by atoms with Crippen molar-refractivity contribution in [3.8, 4) is 6.07 Å². The molecule has 0 atom stereocenters. The molecule has 106 valence electrons. The molecule has 0 bridgehead atoms. The highest BCUT2D eigenvalue weighted by molar-refractivity contribution is 8.00. The lowest BCUT2D eigenvalue weighted by molar-refractivity contribution is -0.113. The van der Waals surface area contributed by atoms with Crippen LogP contribution in [0.15, 0.2) is 47.4 Å². The van der Waals surface area contributed by atoms with Crippen molar-refractivity contribution in [2.24, 2.45) is 0 Å². The van der Waals surface area contributed by atoms with Crippen molar-refractivity contribution in [2.45, 2.75) is 4.90 Å². The van der Waals surface area contributed by atoms with Crippen LogP contribution < -0.4 is 5.32 Å². The van der Waals surface area contributed by atoms with Gasteiger partial charge in [-0.3, -0.25) is 4.79 Å². The van der Waals surface area contributed by atoms with Crippen molar-refractivity contribution in [2.75, 3.05) is 11.1 Å². The quantitative estimate of drug-likeness (QED) is 0.879. The third kappa shape index (κ3) is 4.29. The van der Waals surface area contributed by atoms with E-state index in [0.29, 0.717) is 11.3 Å². The van der Waals surface area contributed by atoms with E-state index in [-0.39, 0.29) is 16.6 Å². The average Bonchev–Trinajstić information content (AvgIpc) is 2.47. The van der Waals surface area contributed by atoms with Crippen molar-refractivity contribution in [1.29, 1.82) is 5.26 Å². The molecule has 21 heavy (non-hydrogen) atoms. The van der Waals surface area contributed by atoms with Gasteiger partial charge < -0.3 is 5.32 Å². The summed E-state index contributed by atoms with van der Waals surface area (Å²) in [7, 11) is 0. The molecule has 3 nitrogen and oxygen atoms in total. The number of anilines is 1. The predicted molar refractivity (Wildman–Crippen MR) is 76.9 cm³/mol. The molecule has 1 amide bonds. The van der Waals surface area contributed by atoms with Crippen molar-refractivity contribution in [1.82, 2.24) is 0 Å². The van der Waals surface area contributed by atoms with Crippen LogP contribution in [0, 0.1) is 23.0 Å². The summed E-state index contributed by atoms with van der Waals surface area (Å²) in [6.07, 6.45) is 0. The Balaban J connectivity index is 1.91. The van der Waals surface area contributed by atoms with Crippen LogP contribution in [0.4, 0.5) is 14.5 Å². The maximum Gasteiger partial charge on any atom is 0.234 e. The Labute approximate surface area is 124 Å². The van der Waals surface area contributed by atoms with Gasteiger partial charge in [-0.05, 0) is 36.4 Å². The van der Waals surface area contributed by atoms with Crippen LogP contribution in [0.1, 0.15) is 5.56 Å². The number of carbonyl (C=O) groups excluding carboxylic acids is 1. The number of halogens is 2. The molecular weight excluding hydrogens is 294 g/mol. The van der Waals surface area contributed by atoms with Gasteiger partial charge in [-0.1, -0.05) is 0 Å². The van der Waals surface area contributed by atoms with Crippen molar-refractivity contribution < 1.29 is 13.6 Å². The van der Waals surface area contributed by atoms with E-state index in [1.807, 2.05) is 6.07 Å². The summed E-state index contributed by atoms with van der Waals surface area (Å²) < 4.78 is 26.1. The summed E-state index contributed by atoms with van der Waals surface area (Å²) in [6.45, 7) is 0. The van der Waals surface area contributed by atoms with Crippen LogP contribution in [0.25, 0.3) is 0 Å². The number of hydrogen-bond acceptors (Lipinski definition) is 3. The lowest BCUT2D eigenvalue weighted by atomic mass is 10.2. The van der Waals surface area contributed by atoms with Gasteiger partial charge in [0.2, 0.25) is 5.91 Å². The first-order valence-electron chi connectivity index (χ1n) is 5.96. The van der Waals surface area contributed by atoms with E-state index in [1.165, 1.54) is 6.07 Å². The van der Waals surface area contributed by atoms with Crippen molar-refractivity contribution >= 4 is 23.4 Å². The number of benzene rings is 2. The molecular formula is C15H10F2N2OS. The maximum atomic E-state index is 13.4. The second-order valence-corrected chi connectivity index (χ2v) is 5.12. The highest BCUT2D eigenvalue weighted by atomic mass is 32.2. The first kappa shape index (κ1) is 15.0. The highest BCUT2D eigenvalue weighted by Crippen LogP contribution is 2.22. The zero-order chi connectivity index (χ0) is 15.2. The van der Waals surface area contributed by atoms with Gasteiger partial charge >= 0.3 is 0 Å². The molecule has 0 saturated carbocycles. The lowest BCUT2D eigenvalue weighted by Crippen LogP contribution is -2.14. The standard InChI is InChI=1S/C15H10F2N2OS/c16-11-3-6-14(13(17)7-11)21-9-15(20)19-12-4-1-10(8-18)2-5-12/h1-7H,9H2,(H,19,20). The summed E-state index contributed by atoms with van der Waals surface area (Å²) >= 11 is 0.985. The van der Waals surface area contributed by atoms with Gasteiger partial charge in [-0.2, -0.15) is 5.26 Å². The van der Waals surface area contributed by atoms with Gasteiger partial charge in [0.05, 0.1) is 17.4 Å². The number of amides is 1. The smallest absolute Gasteiger partial charge is 0.234 e. The minimum atomic E-state index is -0.689. The van der Waals surface area contributed by atoms with Crippen molar-refractivity contribution in [3.05, 3.63) is 59.7 Å². The molecule has 0 radical (unpaired) electrons. The second kappa shape index (κ2) is 6.86. The number of thioether (sulfide) groups is 1. The Bertz CT molecular complexity index is 696. The predicted octanol–water partition coefficient (Wildman–Crippen LogP) is 3.57. The summed E-state index contributed by atoms with van der Waals surface area (Å²) in [5.41, 5.74) is 1.05. The number of nitrogens with zero attached hydrogens (tertiary/aromatic N) is 1. The average molecular weight is 304 g/mol. The first-order valence-corrected chi connectivity index (χ1v) is 6.95. The van der Waals surface area contributed by atoms with E-state index < -0.39 is 11.6 Å². The number of hydrogen-bond donors (Lipinski definition) is 1. The van der Waals surface area contributed by atoms with Crippen LogP contribution >= 0.6 is 11.8 Å². The fraction of sp³-hybridized carbons (Fsp3) is 0.0667. The molecule has 2 aromatic rings. The highest BCUT2D eigenvalue weighted by Gasteiger charge is 2.08. The molecule has 0 aliphatic carbocycles. The minimum absolute atomic E-state index is 0.00253. The van der Waals surface area contributed by atoms with Crippen molar-refractivity contribution in [3.63, 3.8) is 0 Å². The van der Waals surface area contributed by atoms with Gasteiger partial charge in [0.15, 0.2) is 0 Å². The van der Waals surface area contributed by atoms with Crippen LogP contribution in [-0.2, 0) is 4.79 Å². The van der Waals surface area contributed by atoms with E-state index in [2.05, 4.69) is 5.32 Å². The Morgan fingerprint density at radius 1 is 1.19 bits per heavy atom. The summed E-state index contributed by atoms with van der Waals surface area (Å²) in [6, 6.07) is 11.6. The van der Waals surface area contributed by atoms with Gasteiger partial charge in [-0.25, -0.2) is 8.78 Å². The Hall–Kier alpha value is -2.39. The van der Waals surface area contributed by atoms with Crippen LogP contribution in [0.5, 0.6) is 0 Å². The number of nitrogens with one attached hydrogen (secondary N) is 1. The van der Waals surface area contributed by atoms with Gasteiger partial charge in [-0.15, -0.1) is 11.8 Å². The molecule has 2 aromatic carbocycles. The minimum Gasteiger partial charge on any atom is -0.325 e. The van der Waals surface area contributed by atoms with Crippen LogP contribution in [-0.4, -0.2) is 11.7 Å². The molecule has 0 heterocycles. The molecule has 0 fully saturated rings. The molecule has 6 heteroatoms. The summed E-state index contributed by atoms with van der Waals surface area (Å²) in [4.78, 5) is 11.9. The fourth-order valence-corrected chi connectivity index (χ4v) is 2.28. The van der Waals surface area contributed by atoms with E-state index in [9.17, 15) is 13.6 Å². The molecule has 0 spiro atoms. The summed E-state index contributed by atoms with van der Waals surface area (Å²) in [5, 5.41) is 11.3. The maximum absolute atomic E-state index is 13.4. The molecule has 0 aliphatic heterocycles. The third-order valence-electron chi connectivity index (χ3n) is 2.55. The van der Waals surface area contributed by atoms with E-state index in [4.69, 9.17) is 5.26 Å². The number of nitriles is 1. The molecule has 2 rings (SSSR count). The van der Waals surface area contributed by atoms with Crippen LogP contribution in [0.3, 0.4) is 0 Å². The molecule has 0 saturated heterocycles. The largest absolute Gasteiger partial charge is 0.325 e. The number of carbonyl (C=O) groups is 1. The van der Waals surface area contributed by atoms with E-state index in [1.54, 1.807) is 24.3 Å². The van der Waals surface area contributed by atoms with Gasteiger partial charge in [0.25, 0.3) is 0 Å². The molecule has 1 N–H and O–H groups in total. The zero-order valence-electron chi connectivity index (χ0n) is 10.8. The monoisotopic (exact) mass is 304 g/mol. The van der Waals surface area contributed by atoms with Gasteiger partial charge in [0, 0.05) is 16.6 Å². The van der Waals surface area contributed by atoms with E-state index in [0.717, 1.165) is 23.9 Å². The molecule has 0 aromatic heterocycles. The molecule has 0 unspecified atom stereocenters. The van der Waals surface area contributed by atoms with Crippen LogP contribution in [0.2, 0.25) is 0 Å². The molecule has 0 aliphatic rings. The fourth-order valence-electron chi connectivity index (χ4n) is 1.56. The zero-order valence-corrected chi connectivity index (χ0v) is 11.6. The normalized spacial score (nSPS) is 9.95.